The second kappa shape index (κ2) is 7.89. The predicted octanol–water partition coefficient (Wildman–Crippen LogP) is 4.45. The largest absolute Gasteiger partial charge is 0.371 e. The molecular formula is C22H26ClN3O. The van der Waals surface area contributed by atoms with Crippen LogP contribution in [0.1, 0.15) is 48.5 Å². The van der Waals surface area contributed by atoms with E-state index in [1.54, 1.807) is 0 Å². The summed E-state index contributed by atoms with van der Waals surface area (Å²) in [6.45, 7) is 3.85. The van der Waals surface area contributed by atoms with Crippen LogP contribution < -0.4 is 10.2 Å². The van der Waals surface area contributed by atoms with Crippen LogP contribution in [0.25, 0.3) is 0 Å². The van der Waals surface area contributed by atoms with Gasteiger partial charge in [0.1, 0.15) is 0 Å². The molecule has 2 aromatic rings. The van der Waals surface area contributed by atoms with Gasteiger partial charge in [-0.2, -0.15) is 0 Å². The number of halogens is 1. The molecule has 1 aromatic heterocycles. The molecule has 0 radical (unpaired) electrons. The van der Waals surface area contributed by atoms with Crippen molar-refractivity contribution in [2.24, 2.45) is 5.92 Å². The van der Waals surface area contributed by atoms with Gasteiger partial charge >= 0.3 is 0 Å². The van der Waals surface area contributed by atoms with Gasteiger partial charge in [0.25, 0.3) is 0 Å². The Morgan fingerprint density at radius 3 is 2.81 bits per heavy atom. The van der Waals surface area contributed by atoms with Gasteiger partial charge in [-0.05, 0) is 74.4 Å². The first-order valence-electron chi connectivity index (χ1n) is 9.87. The summed E-state index contributed by atoms with van der Waals surface area (Å²) in [5.41, 5.74) is 4.83. The molecule has 5 heteroatoms. The van der Waals surface area contributed by atoms with E-state index in [0.29, 0.717) is 0 Å². The van der Waals surface area contributed by atoms with Crippen LogP contribution in [-0.2, 0) is 11.2 Å². The molecule has 1 aliphatic heterocycles. The van der Waals surface area contributed by atoms with Crippen LogP contribution in [-0.4, -0.2) is 24.0 Å². The molecule has 1 atom stereocenters. The van der Waals surface area contributed by atoms with Crippen LogP contribution in [0.3, 0.4) is 0 Å². The number of rotatable bonds is 3. The maximum atomic E-state index is 12.9. The zero-order valence-corrected chi connectivity index (χ0v) is 16.5. The van der Waals surface area contributed by atoms with Crippen LogP contribution in [0.5, 0.6) is 0 Å². The second-order valence-corrected chi connectivity index (χ2v) is 8.10. The molecule has 1 unspecified atom stereocenters. The summed E-state index contributed by atoms with van der Waals surface area (Å²) in [6, 6.07) is 10.2. The minimum atomic E-state index is 0.0914. The van der Waals surface area contributed by atoms with E-state index in [4.69, 9.17) is 11.6 Å². The molecule has 1 fully saturated rings. The first kappa shape index (κ1) is 18.3. The molecule has 1 aromatic carbocycles. The van der Waals surface area contributed by atoms with E-state index in [2.05, 4.69) is 34.3 Å². The molecule has 2 heterocycles. The molecule has 1 aliphatic carbocycles. The quantitative estimate of drug-likeness (QED) is 0.851. The van der Waals surface area contributed by atoms with E-state index in [0.717, 1.165) is 61.6 Å². The Bertz CT molecular complexity index is 830. The van der Waals surface area contributed by atoms with E-state index in [1.807, 2.05) is 24.4 Å². The van der Waals surface area contributed by atoms with E-state index < -0.39 is 0 Å². The van der Waals surface area contributed by atoms with Crippen molar-refractivity contribution in [2.75, 3.05) is 18.0 Å². The molecule has 1 N–H and O–H groups in total. The summed E-state index contributed by atoms with van der Waals surface area (Å²) in [7, 11) is 0. The first-order valence-corrected chi connectivity index (χ1v) is 10.2. The fraction of sp³-hybridized carbons (Fsp3) is 0.455. The summed E-state index contributed by atoms with van der Waals surface area (Å²) in [6.07, 6.45) is 6.82. The molecule has 2 aliphatic rings. The number of anilines is 1. The summed E-state index contributed by atoms with van der Waals surface area (Å²) >= 11 is 6.11. The van der Waals surface area contributed by atoms with Crippen molar-refractivity contribution >= 4 is 23.2 Å². The van der Waals surface area contributed by atoms with Crippen molar-refractivity contribution in [1.82, 2.24) is 10.3 Å². The normalized spacial score (nSPS) is 20.2. The number of aromatic nitrogens is 1. The number of hydrogen-bond acceptors (Lipinski definition) is 3. The molecule has 27 heavy (non-hydrogen) atoms. The Balaban J connectivity index is 1.38. The van der Waals surface area contributed by atoms with Gasteiger partial charge in [-0.3, -0.25) is 9.78 Å². The van der Waals surface area contributed by atoms with Crippen molar-refractivity contribution in [1.29, 1.82) is 0 Å². The minimum absolute atomic E-state index is 0.0914. The highest BCUT2D eigenvalue weighted by molar-refractivity contribution is 6.30. The number of amides is 1. The standard InChI is InChI=1S/C22H26ClN3O/c1-15-19-6-3-7-21(20(19)8-11-24-15)25-22(27)16-9-12-26(13-10-16)18-5-2-4-17(23)14-18/h2,4-5,8,11,14,16,21H,3,6-7,9-10,12-13H2,1H3,(H,25,27). The third-order valence-corrected chi connectivity index (χ3v) is 6.19. The Morgan fingerprint density at radius 2 is 2.04 bits per heavy atom. The Kier molecular flexibility index (Phi) is 5.35. The zero-order valence-electron chi connectivity index (χ0n) is 15.7. The summed E-state index contributed by atoms with van der Waals surface area (Å²) in [5, 5.41) is 4.09. The van der Waals surface area contributed by atoms with E-state index >= 15 is 0 Å². The fourth-order valence-electron chi connectivity index (χ4n) is 4.42. The number of nitrogens with zero attached hydrogens (tertiary/aromatic N) is 2. The number of carbonyl (C=O) groups excluding carboxylic acids is 1. The lowest BCUT2D eigenvalue weighted by Crippen LogP contribution is -2.42. The van der Waals surface area contributed by atoms with Gasteiger partial charge in [-0.25, -0.2) is 0 Å². The van der Waals surface area contributed by atoms with Crippen LogP contribution in [0, 0.1) is 12.8 Å². The summed E-state index contributed by atoms with van der Waals surface area (Å²) in [4.78, 5) is 19.6. The van der Waals surface area contributed by atoms with Crippen molar-refractivity contribution in [3.05, 3.63) is 58.4 Å². The number of hydrogen-bond donors (Lipinski definition) is 1. The van der Waals surface area contributed by atoms with Crippen LogP contribution in [0.2, 0.25) is 5.02 Å². The Labute approximate surface area is 165 Å². The lowest BCUT2D eigenvalue weighted by molar-refractivity contribution is -0.126. The van der Waals surface area contributed by atoms with Gasteiger partial charge < -0.3 is 10.2 Å². The van der Waals surface area contributed by atoms with Gasteiger partial charge in [0.2, 0.25) is 5.91 Å². The molecule has 0 saturated carbocycles. The third-order valence-electron chi connectivity index (χ3n) is 5.96. The van der Waals surface area contributed by atoms with Gasteiger partial charge in [0, 0.05) is 41.6 Å². The lowest BCUT2D eigenvalue weighted by Gasteiger charge is -2.34. The Morgan fingerprint density at radius 1 is 1.22 bits per heavy atom. The first-order chi connectivity index (χ1) is 13.1. The lowest BCUT2D eigenvalue weighted by atomic mass is 9.86. The van der Waals surface area contributed by atoms with Crippen molar-refractivity contribution < 1.29 is 4.79 Å². The van der Waals surface area contributed by atoms with Gasteiger partial charge in [0.15, 0.2) is 0 Å². The number of nitrogens with one attached hydrogen (secondary N) is 1. The molecule has 4 nitrogen and oxygen atoms in total. The second-order valence-electron chi connectivity index (χ2n) is 7.66. The van der Waals surface area contributed by atoms with Crippen molar-refractivity contribution in [3.63, 3.8) is 0 Å². The predicted molar refractivity (Wildman–Crippen MR) is 109 cm³/mol. The molecule has 142 valence electrons. The molecule has 1 amide bonds. The SMILES string of the molecule is Cc1nccc2c1CCCC2NC(=O)C1CCN(c2cccc(Cl)c2)CC1. The summed E-state index contributed by atoms with van der Waals surface area (Å²) in [5.74, 6) is 0.293. The van der Waals surface area contributed by atoms with Crippen LogP contribution in [0.4, 0.5) is 5.69 Å². The number of piperidine rings is 1. The van der Waals surface area contributed by atoms with Crippen molar-refractivity contribution in [3.8, 4) is 0 Å². The maximum absolute atomic E-state index is 12.9. The topological polar surface area (TPSA) is 45.2 Å². The number of pyridine rings is 1. The third kappa shape index (κ3) is 3.96. The smallest absolute Gasteiger partial charge is 0.223 e. The highest BCUT2D eigenvalue weighted by Gasteiger charge is 2.29. The van der Waals surface area contributed by atoms with E-state index in [9.17, 15) is 4.79 Å². The van der Waals surface area contributed by atoms with Crippen LogP contribution >= 0.6 is 11.6 Å². The molecule has 4 rings (SSSR count). The summed E-state index contributed by atoms with van der Waals surface area (Å²) < 4.78 is 0. The van der Waals surface area contributed by atoms with E-state index in [1.165, 1.54) is 11.1 Å². The molecule has 0 bridgehead atoms. The zero-order chi connectivity index (χ0) is 18.8. The number of aryl methyl sites for hydroxylation is 1. The van der Waals surface area contributed by atoms with Gasteiger partial charge in [-0.1, -0.05) is 17.7 Å². The molecule has 0 spiro atoms. The minimum Gasteiger partial charge on any atom is -0.371 e. The van der Waals surface area contributed by atoms with Crippen molar-refractivity contribution in [2.45, 2.75) is 45.1 Å². The van der Waals surface area contributed by atoms with Gasteiger partial charge in [-0.15, -0.1) is 0 Å². The number of fused-ring (bicyclic) bond motifs is 1. The van der Waals surface area contributed by atoms with Crippen LogP contribution in [0.15, 0.2) is 36.5 Å². The highest BCUT2D eigenvalue weighted by atomic mass is 35.5. The number of benzene rings is 1. The number of carbonyl (C=O) groups is 1. The average molecular weight is 384 g/mol. The maximum Gasteiger partial charge on any atom is 0.223 e. The highest BCUT2D eigenvalue weighted by Crippen LogP contribution is 2.32. The fourth-order valence-corrected chi connectivity index (χ4v) is 4.60. The molecule has 1 saturated heterocycles. The Hall–Kier alpha value is -2.07. The van der Waals surface area contributed by atoms with E-state index in [-0.39, 0.29) is 17.9 Å². The van der Waals surface area contributed by atoms with Gasteiger partial charge in [0.05, 0.1) is 6.04 Å². The average Bonchev–Trinajstić information content (AvgIpc) is 2.69. The monoisotopic (exact) mass is 383 g/mol. The molecular weight excluding hydrogens is 358 g/mol.